The number of carboxylic acid groups (broad SMARTS) is 1. The van der Waals surface area contributed by atoms with Crippen LogP contribution < -0.4 is 0 Å². The van der Waals surface area contributed by atoms with E-state index in [9.17, 15) is 18.3 Å². The highest BCUT2D eigenvalue weighted by atomic mass is 32.2. The van der Waals surface area contributed by atoms with Gasteiger partial charge in [0.2, 0.25) is 0 Å². The molecule has 1 aromatic carbocycles. The van der Waals surface area contributed by atoms with Crippen LogP contribution >= 0.6 is 0 Å². The SMILES string of the molecule is CCC1CC(C(=O)O)(S(=O)(=O)c2ccc(C)c(C)c2)C1. The molecule has 1 N–H and O–H groups in total. The molecule has 0 unspecified atom stereocenters. The number of benzene rings is 1. The summed E-state index contributed by atoms with van der Waals surface area (Å²) in [5, 5.41) is 9.44. The molecule has 110 valence electrons. The standard InChI is InChI=1S/C15H20O4S/c1-4-12-8-15(9-12,14(16)17)20(18,19)13-6-5-10(2)11(3)7-13/h5-7,12H,4,8-9H2,1-3H3,(H,16,17). The molecular weight excluding hydrogens is 276 g/mol. The highest BCUT2D eigenvalue weighted by molar-refractivity contribution is 7.93. The van der Waals surface area contributed by atoms with Gasteiger partial charge in [0, 0.05) is 0 Å². The van der Waals surface area contributed by atoms with Gasteiger partial charge in [-0.25, -0.2) is 8.42 Å². The minimum absolute atomic E-state index is 0.123. The minimum atomic E-state index is -3.84. The first-order valence-corrected chi connectivity index (χ1v) is 8.28. The second kappa shape index (κ2) is 4.88. The maximum atomic E-state index is 12.7. The van der Waals surface area contributed by atoms with Crippen molar-refractivity contribution in [1.82, 2.24) is 0 Å². The average molecular weight is 296 g/mol. The van der Waals surface area contributed by atoms with Crippen molar-refractivity contribution in [3.63, 3.8) is 0 Å². The predicted molar refractivity (Wildman–Crippen MR) is 76.5 cm³/mol. The van der Waals surface area contributed by atoms with Crippen molar-refractivity contribution in [3.05, 3.63) is 29.3 Å². The van der Waals surface area contributed by atoms with E-state index in [1.54, 1.807) is 12.1 Å². The van der Waals surface area contributed by atoms with Crippen molar-refractivity contribution >= 4 is 15.8 Å². The summed E-state index contributed by atoms with van der Waals surface area (Å²) in [6.45, 7) is 5.69. The van der Waals surface area contributed by atoms with Crippen LogP contribution in [0.25, 0.3) is 0 Å². The first kappa shape index (κ1) is 15.0. The second-order valence-electron chi connectivity index (χ2n) is 5.73. The molecule has 1 saturated carbocycles. The molecule has 0 aliphatic heterocycles. The molecule has 0 spiro atoms. The van der Waals surface area contributed by atoms with Gasteiger partial charge in [0.1, 0.15) is 0 Å². The molecular formula is C15H20O4S. The van der Waals surface area contributed by atoms with Crippen molar-refractivity contribution in [1.29, 1.82) is 0 Å². The molecule has 5 heteroatoms. The van der Waals surface area contributed by atoms with Gasteiger partial charge >= 0.3 is 5.97 Å². The average Bonchev–Trinajstić information content (AvgIpc) is 2.30. The highest BCUT2D eigenvalue weighted by Gasteiger charge is 2.59. The Morgan fingerprint density at radius 2 is 1.90 bits per heavy atom. The summed E-state index contributed by atoms with van der Waals surface area (Å²) in [5.74, 6) is -1.03. The Kier molecular flexibility index (Phi) is 3.67. The van der Waals surface area contributed by atoms with Crippen molar-refractivity contribution < 1.29 is 18.3 Å². The number of carboxylic acids is 1. The molecule has 0 aromatic heterocycles. The number of rotatable bonds is 4. The van der Waals surface area contributed by atoms with E-state index in [-0.39, 0.29) is 23.7 Å². The van der Waals surface area contributed by atoms with Gasteiger partial charge in [-0.2, -0.15) is 0 Å². The fourth-order valence-corrected chi connectivity index (χ4v) is 4.95. The van der Waals surface area contributed by atoms with E-state index in [0.29, 0.717) is 0 Å². The lowest BCUT2D eigenvalue weighted by Crippen LogP contribution is -2.56. The Morgan fingerprint density at radius 3 is 2.35 bits per heavy atom. The van der Waals surface area contributed by atoms with E-state index < -0.39 is 20.6 Å². The summed E-state index contributed by atoms with van der Waals surface area (Å²) in [5.41, 5.74) is 1.85. The predicted octanol–water partition coefficient (Wildman–Crippen LogP) is 2.72. The number of aliphatic carboxylic acids is 1. The number of aryl methyl sites for hydroxylation is 2. The Labute approximate surface area is 119 Å². The van der Waals surface area contributed by atoms with Gasteiger partial charge in [0.25, 0.3) is 0 Å². The summed E-state index contributed by atoms with van der Waals surface area (Å²) in [6, 6.07) is 4.82. The zero-order valence-corrected chi connectivity index (χ0v) is 12.8. The summed E-state index contributed by atoms with van der Waals surface area (Å²) in [4.78, 5) is 11.7. The lowest BCUT2D eigenvalue weighted by Gasteiger charge is -2.43. The molecule has 0 saturated heterocycles. The molecule has 0 bridgehead atoms. The highest BCUT2D eigenvalue weighted by Crippen LogP contribution is 2.48. The van der Waals surface area contributed by atoms with E-state index in [1.165, 1.54) is 6.07 Å². The monoisotopic (exact) mass is 296 g/mol. The Morgan fingerprint density at radius 1 is 1.30 bits per heavy atom. The van der Waals surface area contributed by atoms with Gasteiger partial charge in [0.15, 0.2) is 14.6 Å². The molecule has 0 radical (unpaired) electrons. The van der Waals surface area contributed by atoms with Crippen LogP contribution in [0.1, 0.15) is 37.3 Å². The van der Waals surface area contributed by atoms with Gasteiger partial charge in [-0.3, -0.25) is 4.79 Å². The van der Waals surface area contributed by atoms with Crippen LogP contribution in [-0.2, 0) is 14.6 Å². The van der Waals surface area contributed by atoms with Crippen molar-refractivity contribution in [2.24, 2.45) is 5.92 Å². The van der Waals surface area contributed by atoms with Crippen LogP contribution in [0.5, 0.6) is 0 Å². The van der Waals surface area contributed by atoms with Gasteiger partial charge in [0.05, 0.1) is 4.90 Å². The van der Waals surface area contributed by atoms with Crippen LogP contribution in [0.15, 0.2) is 23.1 Å². The normalized spacial score (nSPS) is 26.1. The zero-order valence-electron chi connectivity index (χ0n) is 12.0. The summed E-state index contributed by atoms with van der Waals surface area (Å²) < 4.78 is 23.8. The van der Waals surface area contributed by atoms with Crippen LogP contribution in [-0.4, -0.2) is 24.2 Å². The Balaban J connectivity index is 2.48. The number of hydrogen-bond donors (Lipinski definition) is 1. The molecule has 2 rings (SSSR count). The minimum Gasteiger partial charge on any atom is -0.480 e. The van der Waals surface area contributed by atoms with Crippen LogP contribution in [0.3, 0.4) is 0 Å². The topological polar surface area (TPSA) is 71.4 Å². The molecule has 0 amide bonds. The molecule has 1 aromatic rings. The Hall–Kier alpha value is -1.36. The Bertz CT molecular complexity index is 640. The van der Waals surface area contributed by atoms with Gasteiger partial charge < -0.3 is 5.11 Å². The molecule has 1 fully saturated rings. The summed E-state index contributed by atoms with van der Waals surface area (Å²) in [6.07, 6.45) is 1.25. The van der Waals surface area contributed by atoms with Crippen molar-refractivity contribution in [2.45, 2.75) is 49.7 Å². The number of carbonyl (C=O) groups is 1. The lowest BCUT2D eigenvalue weighted by molar-refractivity contribution is -0.144. The maximum absolute atomic E-state index is 12.7. The largest absolute Gasteiger partial charge is 0.480 e. The fraction of sp³-hybridized carbons (Fsp3) is 0.533. The number of hydrogen-bond acceptors (Lipinski definition) is 3. The number of sulfone groups is 1. The van der Waals surface area contributed by atoms with E-state index >= 15 is 0 Å². The molecule has 1 aliphatic rings. The fourth-order valence-electron chi connectivity index (χ4n) is 2.78. The third kappa shape index (κ3) is 2.04. The van der Waals surface area contributed by atoms with Gasteiger partial charge in [-0.05, 0) is 55.9 Å². The first-order chi connectivity index (χ1) is 9.24. The smallest absolute Gasteiger partial charge is 0.325 e. The van der Waals surface area contributed by atoms with Crippen molar-refractivity contribution in [3.8, 4) is 0 Å². The first-order valence-electron chi connectivity index (χ1n) is 6.80. The molecule has 0 atom stereocenters. The third-order valence-corrected chi connectivity index (χ3v) is 6.92. The lowest BCUT2D eigenvalue weighted by atomic mass is 9.73. The molecule has 4 nitrogen and oxygen atoms in total. The molecule has 0 heterocycles. The van der Waals surface area contributed by atoms with E-state index in [4.69, 9.17) is 0 Å². The quantitative estimate of drug-likeness (QED) is 0.927. The molecule has 1 aliphatic carbocycles. The van der Waals surface area contributed by atoms with Gasteiger partial charge in [-0.1, -0.05) is 19.4 Å². The van der Waals surface area contributed by atoms with E-state index in [0.717, 1.165) is 17.5 Å². The van der Waals surface area contributed by atoms with E-state index in [2.05, 4.69) is 0 Å². The van der Waals surface area contributed by atoms with E-state index in [1.807, 2.05) is 20.8 Å². The summed E-state index contributed by atoms with van der Waals surface area (Å²) in [7, 11) is -3.84. The van der Waals surface area contributed by atoms with Crippen LogP contribution in [0, 0.1) is 19.8 Å². The molecule has 20 heavy (non-hydrogen) atoms. The summed E-state index contributed by atoms with van der Waals surface area (Å²) >= 11 is 0. The van der Waals surface area contributed by atoms with Gasteiger partial charge in [-0.15, -0.1) is 0 Å². The third-order valence-electron chi connectivity index (χ3n) is 4.51. The van der Waals surface area contributed by atoms with Crippen LogP contribution in [0.4, 0.5) is 0 Å². The zero-order chi connectivity index (χ0) is 15.1. The second-order valence-corrected chi connectivity index (χ2v) is 7.99. The maximum Gasteiger partial charge on any atom is 0.325 e. The van der Waals surface area contributed by atoms with Crippen molar-refractivity contribution in [2.75, 3.05) is 0 Å². The van der Waals surface area contributed by atoms with Crippen LogP contribution in [0.2, 0.25) is 0 Å².